The molecule has 4 heteroatoms. The van der Waals surface area contributed by atoms with Crippen LogP contribution in [-0.4, -0.2) is 24.3 Å². The van der Waals surface area contributed by atoms with Gasteiger partial charge in [-0.15, -0.1) is 0 Å². The Morgan fingerprint density at radius 1 is 1.38 bits per heavy atom. The van der Waals surface area contributed by atoms with Crippen LogP contribution < -0.4 is 10.6 Å². The van der Waals surface area contributed by atoms with Gasteiger partial charge < -0.3 is 15.4 Å². The molecule has 1 amide bonds. The monoisotopic (exact) mass is 290 g/mol. The van der Waals surface area contributed by atoms with E-state index in [9.17, 15) is 4.79 Å². The molecule has 0 saturated heterocycles. The highest BCUT2D eigenvalue weighted by Crippen LogP contribution is 2.30. The summed E-state index contributed by atoms with van der Waals surface area (Å²) in [4.78, 5) is 11.6. The molecule has 2 rings (SSSR count). The Morgan fingerprint density at radius 3 is 2.81 bits per heavy atom. The Bertz CT molecular complexity index is 494. The van der Waals surface area contributed by atoms with Crippen molar-refractivity contribution in [2.24, 2.45) is 0 Å². The number of ether oxygens (including phenoxy) is 1. The molecule has 0 radical (unpaired) electrons. The van der Waals surface area contributed by atoms with Crippen LogP contribution in [0.15, 0.2) is 24.3 Å². The van der Waals surface area contributed by atoms with Crippen LogP contribution in [0, 0.1) is 0 Å². The Balaban J connectivity index is 1.78. The van der Waals surface area contributed by atoms with Gasteiger partial charge in [0.2, 0.25) is 0 Å². The molecule has 1 aliphatic carbocycles. The van der Waals surface area contributed by atoms with E-state index < -0.39 is 5.60 Å². The maximum absolute atomic E-state index is 11.6. The van der Waals surface area contributed by atoms with Crippen molar-refractivity contribution < 1.29 is 9.53 Å². The van der Waals surface area contributed by atoms with E-state index in [1.807, 2.05) is 20.8 Å². The van der Waals surface area contributed by atoms with Gasteiger partial charge in [-0.2, -0.15) is 0 Å². The maximum atomic E-state index is 11.6. The molecule has 0 saturated carbocycles. The molecule has 0 fully saturated rings. The number of carbonyl (C=O) groups is 1. The smallest absolute Gasteiger partial charge is 0.407 e. The van der Waals surface area contributed by atoms with E-state index in [0.29, 0.717) is 12.6 Å². The minimum absolute atomic E-state index is 0.202. The summed E-state index contributed by atoms with van der Waals surface area (Å²) in [5, 5.41) is 6.40. The summed E-state index contributed by atoms with van der Waals surface area (Å²) >= 11 is 0. The molecule has 2 N–H and O–H groups in total. The molecule has 21 heavy (non-hydrogen) atoms. The third kappa shape index (κ3) is 4.74. The second-order valence-corrected chi connectivity index (χ2v) is 6.74. The van der Waals surface area contributed by atoms with Gasteiger partial charge in [0.05, 0.1) is 0 Å². The van der Waals surface area contributed by atoms with Crippen molar-refractivity contribution in [3.63, 3.8) is 0 Å². The average Bonchev–Trinajstić information content (AvgIpc) is 2.78. The van der Waals surface area contributed by atoms with Crippen LogP contribution in [0.5, 0.6) is 0 Å². The van der Waals surface area contributed by atoms with E-state index in [4.69, 9.17) is 4.74 Å². The molecule has 0 bridgehead atoms. The molecule has 2 unspecified atom stereocenters. The van der Waals surface area contributed by atoms with Gasteiger partial charge in [0.25, 0.3) is 0 Å². The first kappa shape index (κ1) is 15.8. The van der Waals surface area contributed by atoms with Crippen LogP contribution in [0.25, 0.3) is 0 Å². The van der Waals surface area contributed by atoms with Crippen LogP contribution in [0.3, 0.4) is 0 Å². The molecular formula is C17H26N2O2. The summed E-state index contributed by atoms with van der Waals surface area (Å²) in [6.07, 6.45) is 1.89. The van der Waals surface area contributed by atoms with Crippen molar-refractivity contribution in [2.75, 3.05) is 6.54 Å². The highest BCUT2D eigenvalue weighted by Gasteiger charge is 2.23. The van der Waals surface area contributed by atoms with Gasteiger partial charge >= 0.3 is 6.09 Å². The number of rotatable bonds is 4. The van der Waals surface area contributed by atoms with Crippen molar-refractivity contribution in [3.8, 4) is 0 Å². The number of amides is 1. The Labute approximate surface area is 127 Å². The first-order valence-electron chi connectivity index (χ1n) is 7.66. The zero-order valence-corrected chi connectivity index (χ0v) is 13.4. The lowest BCUT2D eigenvalue weighted by Crippen LogP contribution is -2.42. The van der Waals surface area contributed by atoms with Crippen LogP contribution in [-0.2, 0) is 11.2 Å². The quantitative estimate of drug-likeness (QED) is 0.895. The van der Waals surface area contributed by atoms with Gasteiger partial charge in [0.15, 0.2) is 0 Å². The lowest BCUT2D eigenvalue weighted by molar-refractivity contribution is 0.0522. The fourth-order valence-electron chi connectivity index (χ4n) is 2.68. The number of alkyl carbamates (subject to hydrolysis) is 1. The fraction of sp³-hybridized carbons (Fsp3) is 0.588. The number of aryl methyl sites for hydroxylation is 1. The number of nitrogens with one attached hydrogen (secondary N) is 2. The number of benzene rings is 1. The molecule has 1 aromatic rings. The fourth-order valence-corrected chi connectivity index (χ4v) is 2.68. The molecule has 1 aromatic carbocycles. The Hall–Kier alpha value is -1.55. The lowest BCUT2D eigenvalue weighted by Gasteiger charge is -2.23. The Morgan fingerprint density at radius 2 is 2.10 bits per heavy atom. The minimum Gasteiger partial charge on any atom is -0.444 e. The van der Waals surface area contributed by atoms with Crippen molar-refractivity contribution in [1.29, 1.82) is 0 Å². The third-order valence-electron chi connectivity index (χ3n) is 3.57. The maximum Gasteiger partial charge on any atom is 0.407 e. The SMILES string of the molecule is CC(CNC(=O)OC(C)(C)C)NC1CCc2ccccc21. The van der Waals surface area contributed by atoms with E-state index in [1.165, 1.54) is 11.1 Å². The summed E-state index contributed by atoms with van der Waals surface area (Å²) in [6, 6.07) is 9.15. The van der Waals surface area contributed by atoms with Gasteiger partial charge in [-0.3, -0.25) is 0 Å². The predicted molar refractivity (Wildman–Crippen MR) is 84.3 cm³/mol. The molecule has 0 aliphatic heterocycles. The van der Waals surface area contributed by atoms with Gasteiger partial charge in [-0.1, -0.05) is 24.3 Å². The van der Waals surface area contributed by atoms with Crippen molar-refractivity contribution in [3.05, 3.63) is 35.4 Å². The minimum atomic E-state index is -0.453. The molecule has 1 aliphatic rings. The van der Waals surface area contributed by atoms with Crippen molar-refractivity contribution >= 4 is 6.09 Å². The summed E-state index contributed by atoms with van der Waals surface area (Å²) in [5.41, 5.74) is 2.37. The number of fused-ring (bicyclic) bond motifs is 1. The van der Waals surface area contributed by atoms with Crippen molar-refractivity contribution in [2.45, 2.75) is 58.2 Å². The van der Waals surface area contributed by atoms with E-state index >= 15 is 0 Å². The van der Waals surface area contributed by atoms with E-state index in [0.717, 1.165) is 12.8 Å². The second-order valence-electron chi connectivity index (χ2n) is 6.74. The van der Waals surface area contributed by atoms with Gasteiger partial charge in [0, 0.05) is 18.6 Å². The summed E-state index contributed by atoms with van der Waals surface area (Å²) in [7, 11) is 0. The topological polar surface area (TPSA) is 50.4 Å². The zero-order valence-electron chi connectivity index (χ0n) is 13.4. The first-order chi connectivity index (χ1) is 9.85. The van der Waals surface area contributed by atoms with Crippen LogP contribution in [0.2, 0.25) is 0 Å². The number of carbonyl (C=O) groups excluding carboxylic acids is 1. The molecule has 0 aromatic heterocycles. The average molecular weight is 290 g/mol. The molecule has 0 spiro atoms. The molecule has 0 heterocycles. The van der Waals surface area contributed by atoms with Crippen molar-refractivity contribution in [1.82, 2.24) is 10.6 Å². The number of hydrogen-bond donors (Lipinski definition) is 2. The van der Waals surface area contributed by atoms with Crippen LogP contribution in [0.1, 0.15) is 51.3 Å². The normalized spacial score (nSPS) is 19.0. The molecular weight excluding hydrogens is 264 g/mol. The standard InChI is InChI=1S/C17H26N2O2/c1-12(11-18-16(20)21-17(2,3)4)19-15-10-9-13-7-5-6-8-14(13)15/h5-8,12,15,19H,9-11H2,1-4H3,(H,18,20). The van der Waals surface area contributed by atoms with Gasteiger partial charge in [-0.25, -0.2) is 4.79 Å². The van der Waals surface area contributed by atoms with E-state index in [2.05, 4.69) is 41.8 Å². The highest BCUT2D eigenvalue weighted by atomic mass is 16.6. The summed E-state index contributed by atoms with van der Waals surface area (Å²) in [6.45, 7) is 8.24. The van der Waals surface area contributed by atoms with E-state index in [1.54, 1.807) is 0 Å². The molecule has 4 nitrogen and oxygen atoms in total. The molecule has 116 valence electrons. The summed E-state index contributed by atoms with van der Waals surface area (Å²) in [5.74, 6) is 0. The number of hydrogen-bond acceptors (Lipinski definition) is 3. The van der Waals surface area contributed by atoms with E-state index in [-0.39, 0.29) is 12.1 Å². The van der Waals surface area contributed by atoms with Crippen LogP contribution in [0.4, 0.5) is 4.79 Å². The van der Waals surface area contributed by atoms with Crippen LogP contribution >= 0.6 is 0 Å². The first-order valence-corrected chi connectivity index (χ1v) is 7.66. The highest BCUT2D eigenvalue weighted by molar-refractivity contribution is 5.67. The van der Waals surface area contributed by atoms with Gasteiger partial charge in [-0.05, 0) is 51.7 Å². The zero-order chi connectivity index (χ0) is 15.5. The largest absolute Gasteiger partial charge is 0.444 e. The molecule has 2 atom stereocenters. The predicted octanol–water partition coefficient (Wildman–Crippen LogP) is 3.18. The lowest BCUT2D eigenvalue weighted by atomic mass is 10.1. The summed E-state index contributed by atoms with van der Waals surface area (Å²) < 4.78 is 5.24. The second kappa shape index (κ2) is 6.48. The third-order valence-corrected chi connectivity index (χ3v) is 3.57. The Kier molecular flexibility index (Phi) is 4.88. The van der Waals surface area contributed by atoms with Gasteiger partial charge in [0.1, 0.15) is 5.60 Å².